The molecule has 0 unspecified atom stereocenters. The molecule has 1 heterocycles. The highest BCUT2D eigenvalue weighted by Gasteiger charge is 2.09. The van der Waals surface area contributed by atoms with Crippen LogP contribution >= 0.6 is 11.8 Å². The zero-order valence-corrected chi connectivity index (χ0v) is 9.15. The van der Waals surface area contributed by atoms with Gasteiger partial charge in [-0.3, -0.25) is 0 Å². The Hall–Kier alpha value is -0.470. The standard InChI is InChI=1S/C12H16OS/c13-7-1-3-10-5-6-11-4-2-8-14-12(11)9-10/h5-6,9,13H,1-4,7-8H2. The fourth-order valence-corrected chi connectivity index (χ4v) is 2.92. The summed E-state index contributed by atoms with van der Waals surface area (Å²) in [4.78, 5) is 1.46. The number of aliphatic hydroxyl groups is 1. The number of rotatable bonds is 3. The van der Waals surface area contributed by atoms with E-state index in [1.54, 1.807) is 0 Å². The SMILES string of the molecule is OCCCc1ccc2c(c1)SCCC2. The quantitative estimate of drug-likeness (QED) is 0.824. The summed E-state index contributed by atoms with van der Waals surface area (Å²) in [6.07, 6.45) is 4.43. The van der Waals surface area contributed by atoms with Crippen molar-refractivity contribution in [1.29, 1.82) is 0 Å². The van der Waals surface area contributed by atoms with Crippen molar-refractivity contribution in [3.8, 4) is 0 Å². The molecule has 14 heavy (non-hydrogen) atoms. The van der Waals surface area contributed by atoms with Crippen molar-refractivity contribution in [3.05, 3.63) is 29.3 Å². The lowest BCUT2D eigenvalue weighted by Crippen LogP contribution is -1.99. The maximum Gasteiger partial charge on any atom is 0.0434 e. The van der Waals surface area contributed by atoms with Crippen molar-refractivity contribution in [2.75, 3.05) is 12.4 Å². The molecular weight excluding hydrogens is 192 g/mol. The maximum atomic E-state index is 8.76. The number of aliphatic hydroxyl groups excluding tert-OH is 1. The van der Waals surface area contributed by atoms with Crippen LogP contribution < -0.4 is 0 Å². The van der Waals surface area contributed by atoms with Gasteiger partial charge in [0.2, 0.25) is 0 Å². The zero-order chi connectivity index (χ0) is 9.80. The van der Waals surface area contributed by atoms with Crippen LogP contribution in [-0.4, -0.2) is 17.5 Å². The van der Waals surface area contributed by atoms with Gasteiger partial charge in [0.05, 0.1) is 0 Å². The van der Waals surface area contributed by atoms with Crippen LogP contribution in [0.1, 0.15) is 24.0 Å². The minimum absolute atomic E-state index is 0.296. The summed E-state index contributed by atoms with van der Waals surface area (Å²) in [6.45, 7) is 0.296. The van der Waals surface area contributed by atoms with Gasteiger partial charge in [0.25, 0.3) is 0 Å². The van der Waals surface area contributed by atoms with Crippen molar-refractivity contribution in [1.82, 2.24) is 0 Å². The fourth-order valence-electron chi connectivity index (χ4n) is 1.82. The molecule has 1 nitrogen and oxygen atoms in total. The van der Waals surface area contributed by atoms with Gasteiger partial charge in [0.15, 0.2) is 0 Å². The zero-order valence-electron chi connectivity index (χ0n) is 8.33. The van der Waals surface area contributed by atoms with Gasteiger partial charge < -0.3 is 5.11 Å². The number of aryl methyl sites for hydroxylation is 2. The van der Waals surface area contributed by atoms with Crippen molar-refractivity contribution in [2.24, 2.45) is 0 Å². The Kier molecular flexibility index (Phi) is 3.49. The van der Waals surface area contributed by atoms with Crippen molar-refractivity contribution in [2.45, 2.75) is 30.6 Å². The average Bonchev–Trinajstić information content (AvgIpc) is 2.26. The van der Waals surface area contributed by atoms with E-state index in [0.29, 0.717) is 6.61 Å². The van der Waals surface area contributed by atoms with E-state index in [1.807, 2.05) is 11.8 Å². The summed E-state index contributed by atoms with van der Waals surface area (Å²) in [7, 11) is 0. The molecular formula is C12H16OS. The van der Waals surface area contributed by atoms with Gasteiger partial charge in [-0.2, -0.15) is 0 Å². The van der Waals surface area contributed by atoms with Crippen molar-refractivity contribution in [3.63, 3.8) is 0 Å². The largest absolute Gasteiger partial charge is 0.396 e. The monoisotopic (exact) mass is 208 g/mol. The lowest BCUT2D eigenvalue weighted by Gasteiger charge is -2.15. The van der Waals surface area contributed by atoms with Crippen LogP contribution in [0.15, 0.2) is 23.1 Å². The minimum Gasteiger partial charge on any atom is -0.396 e. The second kappa shape index (κ2) is 4.85. The van der Waals surface area contributed by atoms with Gasteiger partial charge in [-0.25, -0.2) is 0 Å². The summed E-state index contributed by atoms with van der Waals surface area (Å²) in [6, 6.07) is 6.77. The highest BCUT2D eigenvalue weighted by Crippen LogP contribution is 2.30. The maximum absolute atomic E-state index is 8.76. The van der Waals surface area contributed by atoms with E-state index in [2.05, 4.69) is 18.2 Å². The van der Waals surface area contributed by atoms with Crippen LogP contribution in [0.25, 0.3) is 0 Å². The van der Waals surface area contributed by atoms with Gasteiger partial charge in [0, 0.05) is 11.5 Å². The van der Waals surface area contributed by atoms with E-state index in [9.17, 15) is 0 Å². The fraction of sp³-hybridized carbons (Fsp3) is 0.500. The molecule has 1 N–H and O–H groups in total. The first-order chi connectivity index (χ1) is 6.90. The predicted octanol–water partition coefficient (Wildman–Crippen LogP) is 2.65. The van der Waals surface area contributed by atoms with Gasteiger partial charge in [0.1, 0.15) is 0 Å². The first-order valence-electron chi connectivity index (χ1n) is 5.25. The lowest BCUT2D eigenvalue weighted by atomic mass is 10.0. The van der Waals surface area contributed by atoms with Crippen LogP contribution in [0.2, 0.25) is 0 Å². The second-order valence-corrected chi connectivity index (χ2v) is 4.86. The molecule has 0 atom stereocenters. The molecule has 1 aliphatic heterocycles. The van der Waals surface area contributed by atoms with E-state index < -0.39 is 0 Å². The first kappa shape index (κ1) is 10.1. The first-order valence-corrected chi connectivity index (χ1v) is 6.24. The molecule has 2 rings (SSSR count). The molecule has 1 aromatic carbocycles. The lowest BCUT2D eigenvalue weighted by molar-refractivity contribution is 0.288. The van der Waals surface area contributed by atoms with E-state index in [4.69, 9.17) is 5.11 Å². The Labute approximate surface area is 89.5 Å². The number of benzene rings is 1. The molecule has 0 radical (unpaired) electrons. The normalized spacial score (nSPS) is 15.2. The van der Waals surface area contributed by atoms with E-state index in [0.717, 1.165) is 12.8 Å². The highest BCUT2D eigenvalue weighted by atomic mass is 32.2. The summed E-state index contributed by atoms with van der Waals surface area (Å²) < 4.78 is 0. The molecule has 0 bridgehead atoms. The van der Waals surface area contributed by atoms with Crippen molar-refractivity contribution < 1.29 is 5.11 Å². The second-order valence-electron chi connectivity index (χ2n) is 3.72. The summed E-state index contributed by atoms with van der Waals surface area (Å²) in [5.41, 5.74) is 2.88. The minimum atomic E-state index is 0.296. The summed E-state index contributed by atoms with van der Waals surface area (Å²) in [5, 5.41) is 8.76. The number of hydrogen-bond acceptors (Lipinski definition) is 2. The third kappa shape index (κ3) is 2.31. The van der Waals surface area contributed by atoms with Crippen LogP contribution in [0.4, 0.5) is 0 Å². The van der Waals surface area contributed by atoms with Crippen LogP contribution in [0.5, 0.6) is 0 Å². The molecule has 76 valence electrons. The summed E-state index contributed by atoms with van der Waals surface area (Å²) in [5.74, 6) is 1.26. The molecule has 1 aliphatic rings. The van der Waals surface area contributed by atoms with Crippen LogP contribution in [0, 0.1) is 0 Å². The average molecular weight is 208 g/mol. The highest BCUT2D eigenvalue weighted by molar-refractivity contribution is 7.99. The Morgan fingerprint density at radius 2 is 2.29 bits per heavy atom. The van der Waals surface area contributed by atoms with Gasteiger partial charge in [-0.05, 0) is 48.6 Å². The molecule has 0 saturated carbocycles. The molecule has 0 amide bonds. The van der Waals surface area contributed by atoms with Gasteiger partial charge in [-0.1, -0.05) is 12.1 Å². The predicted molar refractivity (Wildman–Crippen MR) is 60.9 cm³/mol. The number of fused-ring (bicyclic) bond motifs is 1. The third-order valence-corrected chi connectivity index (χ3v) is 3.79. The molecule has 0 saturated heterocycles. The number of hydrogen-bond donors (Lipinski definition) is 1. The summed E-state index contributed by atoms with van der Waals surface area (Å²) >= 11 is 1.97. The van der Waals surface area contributed by atoms with Crippen LogP contribution in [0.3, 0.4) is 0 Å². The smallest absolute Gasteiger partial charge is 0.0434 e. The Balaban J connectivity index is 2.12. The van der Waals surface area contributed by atoms with Crippen molar-refractivity contribution >= 4 is 11.8 Å². The van der Waals surface area contributed by atoms with Crippen LogP contribution in [-0.2, 0) is 12.8 Å². The Morgan fingerprint density at radius 3 is 3.14 bits per heavy atom. The Morgan fingerprint density at radius 1 is 1.36 bits per heavy atom. The molecule has 0 fully saturated rings. The van der Waals surface area contributed by atoms with E-state index in [1.165, 1.54) is 34.6 Å². The Bertz CT molecular complexity index is 309. The third-order valence-electron chi connectivity index (χ3n) is 2.60. The number of thioether (sulfide) groups is 1. The molecule has 1 aromatic rings. The molecule has 0 aliphatic carbocycles. The van der Waals surface area contributed by atoms with Gasteiger partial charge >= 0.3 is 0 Å². The molecule has 2 heteroatoms. The van der Waals surface area contributed by atoms with Gasteiger partial charge in [-0.15, -0.1) is 11.8 Å². The van der Waals surface area contributed by atoms with E-state index in [-0.39, 0.29) is 0 Å². The topological polar surface area (TPSA) is 20.2 Å². The molecule has 0 aromatic heterocycles. The van der Waals surface area contributed by atoms with E-state index >= 15 is 0 Å². The molecule has 0 spiro atoms.